The zero-order chi connectivity index (χ0) is 34.5. The molecule has 5 rings (SSSR count). The van der Waals surface area contributed by atoms with E-state index in [1.165, 1.54) is 32.3 Å². The van der Waals surface area contributed by atoms with Gasteiger partial charge >= 0.3 is 11.9 Å². The van der Waals surface area contributed by atoms with Gasteiger partial charge in [-0.1, -0.05) is 55.7 Å². The van der Waals surface area contributed by atoms with Crippen molar-refractivity contribution in [3.05, 3.63) is 122 Å². The topological polar surface area (TPSA) is 98.0 Å². The van der Waals surface area contributed by atoms with Gasteiger partial charge in [0.1, 0.15) is 39.9 Å². The number of halogens is 3. The minimum absolute atomic E-state index is 0.0838. The minimum atomic E-state index is -0.755. The van der Waals surface area contributed by atoms with Crippen LogP contribution in [-0.4, -0.2) is 38.3 Å². The van der Waals surface area contributed by atoms with Crippen LogP contribution in [0.25, 0.3) is 22.3 Å². The van der Waals surface area contributed by atoms with Gasteiger partial charge in [0.2, 0.25) is 0 Å². The number of hydrogen-bond acceptors (Lipinski definition) is 7. The highest BCUT2D eigenvalue weighted by molar-refractivity contribution is 14.1. The van der Waals surface area contributed by atoms with Gasteiger partial charge in [0.25, 0.3) is 0 Å². The number of rotatable bonds is 7. The monoisotopic (exact) mass is 753 g/mol. The molecule has 1 aromatic heterocycles. The predicted octanol–water partition coefficient (Wildman–Crippen LogP) is 8.29. The molecule has 0 amide bonds. The van der Waals surface area contributed by atoms with Crippen molar-refractivity contribution < 1.29 is 37.4 Å². The molecular weight excluding hydrogens is 719 g/mol. The maximum Gasteiger partial charge on any atom is 0.341 e. The first-order chi connectivity index (χ1) is 22.5. The molecule has 0 aliphatic heterocycles. The van der Waals surface area contributed by atoms with Gasteiger partial charge in [-0.3, -0.25) is 0 Å². The fourth-order valence-electron chi connectivity index (χ4n) is 4.40. The Bertz CT molecular complexity index is 1860. The predicted molar refractivity (Wildman–Crippen MR) is 186 cm³/mol. The van der Waals surface area contributed by atoms with Crippen molar-refractivity contribution in [2.24, 2.45) is 0 Å². The van der Waals surface area contributed by atoms with Gasteiger partial charge < -0.3 is 24.3 Å². The fourth-order valence-corrected chi connectivity index (χ4v) is 4.99. The molecule has 4 aromatic carbocycles. The second-order valence-corrected chi connectivity index (χ2v) is 11.2. The lowest BCUT2D eigenvalue weighted by Gasteiger charge is -2.04. The van der Waals surface area contributed by atoms with Gasteiger partial charge in [-0.05, 0) is 89.7 Å². The molecule has 0 bridgehead atoms. The van der Waals surface area contributed by atoms with Crippen molar-refractivity contribution >= 4 is 45.5 Å². The van der Waals surface area contributed by atoms with Gasteiger partial charge in [0.15, 0.2) is 0 Å². The van der Waals surface area contributed by atoms with E-state index in [0.717, 1.165) is 47.9 Å². The van der Waals surface area contributed by atoms with Gasteiger partial charge in [0.05, 0.1) is 17.8 Å². The van der Waals surface area contributed by atoms with E-state index in [4.69, 9.17) is 10.8 Å². The van der Waals surface area contributed by atoms with E-state index in [0.29, 0.717) is 16.7 Å². The molecule has 10 heteroatoms. The molecule has 5 aromatic rings. The molecule has 0 saturated carbocycles. The summed E-state index contributed by atoms with van der Waals surface area (Å²) in [5.41, 5.74) is 4.59. The van der Waals surface area contributed by atoms with Crippen molar-refractivity contribution in [1.82, 2.24) is 5.32 Å². The van der Waals surface area contributed by atoms with E-state index >= 15 is 0 Å². The van der Waals surface area contributed by atoms with Gasteiger partial charge in [0, 0.05) is 23.1 Å². The maximum atomic E-state index is 13.7. The number of ether oxygens (including phenoxy) is 2. The summed E-state index contributed by atoms with van der Waals surface area (Å²) in [7, 11) is 4.30. The molecule has 0 aliphatic carbocycles. The molecule has 0 saturated heterocycles. The quantitative estimate of drug-likeness (QED) is 0.0981. The number of hydrogen-bond donors (Lipinski definition) is 2. The van der Waals surface area contributed by atoms with Crippen LogP contribution in [0.5, 0.6) is 5.75 Å². The standard InChI is InChI=1S/C18H16FNO3.C11H12.C8H6FIO3/c1-20-10-11-3-5-12(6-4-11)16-8-13-7-14(19)9-15(17(13)23-16)18(21)22-2;1-3-5-11-8-6-10(4-2)7-9-11;1-13-8(12)5-2-4(9)3-6(10)7(5)11/h3-9,20H,10H2,1-2H3;2,6-9H,3,5H2,1H3;2-3,11H,1H3. The molecule has 0 fully saturated rings. The molecule has 47 heavy (non-hydrogen) atoms. The molecule has 0 atom stereocenters. The SMILES string of the molecule is C#Cc1ccc(CCC)cc1.CNCc1ccc(-c2cc3cc(F)cc(C(=O)OC)c3o2)cc1.COC(=O)c1cc(F)cc(I)c1O. The van der Waals surface area contributed by atoms with Crippen molar-refractivity contribution in [2.45, 2.75) is 26.3 Å². The molecule has 0 spiro atoms. The first kappa shape index (κ1) is 36.7. The maximum absolute atomic E-state index is 13.7. The fraction of sp³-hybridized carbons (Fsp3) is 0.189. The summed E-state index contributed by atoms with van der Waals surface area (Å²) in [4.78, 5) is 22.8. The first-order valence-electron chi connectivity index (χ1n) is 14.4. The number of methoxy groups -OCH3 is 2. The third kappa shape index (κ3) is 10.1. The van der Waals surface area contributed by atoms with Gasteiger partial charge in [-0.25, -0.2) is 18.4 Å². The summed E-state index contributed by atoms with van der Waals surface area (Å²) in [6.07, 6.45) is 7.56. The Morgan fingerprint density at radius 3 is 2.04 bits per heavy atom. The first-order valence-corrected chi connectivity index (χ1v) is 15.5. The van der Waals surface area contributed by atoms with Crippen LogP contribution in [-0.2, 0) is 22.4 Å². The van der Waals surface area contributed by atoms with Crippen LogP contribution < -0.4 is 5.32 Å². The smallest absolute Gasteiger partial charge is 0.341 e. The Morgan fingerprint density at radius 1 is 0.894 bits per heavy atom. The second-order valence-electron chi connectivity index (χ2n) is 10.1. The third-order valence-corrected chi connectivity index (χ3v) is 7.52. The van der Waals surface area contributed by atoms with Crippen molar-refractivity contribution in [3.8, 4) is 29.4 Å². The molecule has 7 nitrogen and oxygen atoms in total. The van der Waals surface area contributed by atoms with Gasteiger partial charge in [-0.15, -0.1) is 6.42 Å². The van der Waals surface area contributed by atoms with Gasteiger partial charge in [-0.2, -0.15) is 0 Å². The average molecular weight is 754 g/mol. The number of phenols is 1. The molecule has 0 aliphatic rings. The number of terminal acetylenes is 1. The Kier molecular flexibility index (Phi) is 13.9. The Labute approximate surface area is 286 Å². The number of nitrogens with one attached hydrogen (secondary N) is 1. The van der Waals surface area contributed by atoms with Crippen LogP contribution in [0.3, 0.4) is 0 Å². The van der Waals surface area contributed by atoms with E-state index in [9.17, 15) is 23.5 Å². The summed E-state index contributed by atoms with van der Waals surface area (Å²) in [6, 6.07) is 22.2. The number of phenolic OH excluding ortho intramolecular Hbond substituents is 1. The minimum Gasteiger partial charge on any atom is -0.506 e. The molecule has 2 N–H and O–H groups in total. The zero-order valence-electron chi connectivity index (χ0n) is 26.3. The Hall–Kier alpha value is -4.73. The summed E-state index contributed by atoms with van der Waals surface area (Å²) < 4.78 is 41.6. The van der Waals surface area contributed by atoms with Crippen LogP contribution in [0.1, 0.15) is 50.8 Å². The van der Waals surface area contributed by atoms with Crippen molar-refractivity contribution in [2.75, 3.05) is 21.3 Å². The highest BCUT2D eigenvalue weighted by Crippen LogP contribution is 2.31. The van der Waals surface area contributed by atoms with Crippen LogP contribution >= 0.6 is 22.6 Å². The normalized spacial score (nSPS) is 10.2. The van der Waals surface area contributed by atoms with Crippen molar-refractivity contribution in [1.29, 1.82) is 0 Å². The number of fused-ring (bicyclic) bond motifs is 1. The van der Waals surface area contributed by atoms with E-state index in [2.05, 4.69) is 39.8 Å². The zero-order valence-corrected chi connectivity index (χ0v) is 28.5. The summed E-state index contributed by atoms with van der Waals surface area (Å²) in [5.74, 6) is 0.450. The number of aromatic hydroxyl groups is 1. The summed E-state index contributed by atoms with van der Waals surface area (Å²) in [6.45, 7) is 2.95. The molecule has 0 unspecified atom stereocenters. The number of esters is 2. The number of benzene rings is 4. The third-order valence-electron chi connectivity index (χ3n) is 6.70. The lowest BCUT2D eigenvalue weighted by molar-refractivity contribution is 0.0589. The van der Waals surface area contributed by atoms with E-state index < -0.39 is 23.6 Å². The molecule has 0 radical (unpaired) electrons. The Balaban J connectivity index is 0.000000212. The Morgan fingerprint density at radius 2 is 1.47 bits per heavy atom. The van der Waals surface area contributed by atoms with E-state index in [-0.39, 0.29) is 20.4 Å². The lowest BCUT2D eigenvalue weighted by atomic mass is 10.1. The highest BCUT2D eigenvalue weighted by Gasteiger charge is 2.18. The van der Waals surface area contributed by atoms with Crippen molar-refractivity contribution in [3.63, 3.8) is 0 Å². The largest absolute Gasteiger partial charge is 0.506 e. The van der Waals surface area contributed by atoms with E-state index in [1.807, 2.05) is 43.4 Å². The summed E-state index contributed by atoms with van der Waals surface area (Å²) >= 11 is 1.73. The molecule has 1 heterocycles. The van der Waals surface area contributed by atoms with E-state index in [1.54, 1.807) is 28.7 Å². The molecular formula is C37H34F2INO6. The average Bonchev–Trinajstić information content (AvgIpc) is 3.51. The van der Waals surface area contributed by atoms with Crippen LogP contribution in [0.2, 0.25) is 0 Å². The number of carbonyl (C=O) groups excluding carboxylic acids is 2. The lowest BCUT2D eigenvalue weighted by Crippen LogP contribution is -2.04. The number of furan rings is 1. The second kappa shape index (κ2) is 17.8. The molecule has 244 valence electrons. The van der Waals surface area contributed by atoms with Crippen LogP contribution in [0.4, 0.5) is 8.78 Å². The summed E-state index contributed by atoms with van der Waals surface area (Å²) in [5, 5.41) is 13.0. The highest BCUT2D eigenvalue weighted by atomic mass is 127. The number of carbonyl (C=O) groups is 2. The number of aryl methyl sites for hydroxylation is 1. The van der Waals surface area contributed by atoms with Crippen LogP contribution in [0, 0.1) is 27.5 Å². The van der Waals surface area contributed by atoms with Crippen LogP contribution in [0.15, 0.2) is 83.3 Å².